The van der Waals surface area contributed by atoms with E-state index in [9.17, 15) is 0 Å². The Labute approximate surface area is 121 Å². The molecule has 0 saturated carbocycles. The van der Waals surface area contributed by atoms with Crippen molar-refractivity contribution in [2.24, 2.45) is 0 Å². The molecule has 2 rings (SSSR count). The maximum atomic E-state index is 6.23. The van der Waals surface area contributed by atoms with E-state index in [4.69, 9.17) is 23.2 Å². The normalized spacial score (nSPS) is 10.6. The van der Waals surface area contributed by atoms with Gasteiger partial charge in [0.1, 0.15) is 0 Å². The van der Waals surface area contributed by atoms with Crippen molar-refractivity contribution in [3.8, 4) is 0 Å². The molecule has 1 nitrogen and oxygen atoms in total. The zero-order chi connectivity index (χ0) is 13.0. The number of halogens is 2. The molecule has 0 aliphatic rings. The minimum atomic E-state index is 0.743. The number of nitrogens with one attached hydrogen (secondary N) is 1. The van der Waals surface area contributed by atoms with Crippen molar-refractivity contribution in [2.45, 2.75) is 16.3 Å². The number of rotatable bonds is 4. The van der Waals surface area contributed by atoms with E-state index < -0.39 is 0 Å². The highest BCUT2D eigenvalue weighted by molar-refractivity contribution is 7.99. The van der Waals surface area contributed by atoms with Crippen LogP contribution in [0.1, 0.15) is 5.56 Å². The van der Waals surface area contributed by atoms with Gasteiger partial charge in [0.15, 0.2) is 0 Å². The quantitative estimate of drug-likeness (QED) is 0.864. The van der Waals surface area contributed by atoms with E-state index in [1.807, 2.05) is 43.4 Å². The Morgan fingerprint density at radius 1 is 0.944 bits per heavy atom. The summed E-state index contributed by atoms with van der Waals surface area (Å²) in [5, 5.41) is 4.68. The smallest absolute Gasteiger partial charge is 0.0545 e. The average molecular weight is 298 g/mol. The van der Waals surface area contributed by atoms with Gasteiger partial charge in [0.25, 0.3) is 0 Å². The molecule has 0 aliphatic heterocycles. The summed E-state index contributed by atoms with van der Waals surface area (Å²) in [6.45, 7) is 0.743. The zero-order valence-electron chi connectivity index (χ0n) is 9.91. The maximum absolute atomic E-state index is 6.23. The van der Waals surface area contributed by atoms with E-state index in [0.717, 1.165) is 31.9 Å². The lowest BCUT2D eigenvalue weighted by Crippen LogP contribution is -2.06. The van der Waals surface area contributed by atoms with Gasteiger partial charge in [-0.15, -0.1) is 0 Å². The van der Waals surface area contributed by atoms with Crippen LogP contribution >= 0.6 is 35.0 Å². The first-order valence-corrected chi connectivity index (χ1v) is 7.14. The van der Waals surface area contributed by atoms with Crippen LogP contribution in [0.2, 0.25) is 10.0 Å². The summed E-state index contributed by atoms with van der Waals surface area (Å²) in [6, 6.07) is 13.7. The average Bonchev–Trinajstić information content (AvgIpc) is 2.36. The molecule has 0 amide bonds. The van der Waals surface area contributed by atoms with Gasteiger partial charge >= 0.3 is 0 Å². The van der Waals surface area contributed by atoms with Crippen molar-refractivity contribution in [1.29, 1.82) is 0 Å². The standard InChI is InChI=1S/C14H13Cl2NS/c1-17-9-10-11(15)6-4-8-13(10)18-14-7-3-2-5-12(14)16/h2-8,17H,9H2,1H3. The van der Waals surface area contributed by atoms with Crippen LogP contribution in [-0.2, 0) is 6.54 Å². The van der Waals surface area contributed by atoms with Gasteiger partial charge in [-0.2, -0.15) is 0 Å². The summed E-state index contributed by atoms with van der Waals surface area (Å²) in [5.41, 5.74) is 1.10. The van der Waals surface area contributed by atoms with Gasteiger partial charge in [-0.05, 0) is 36.9 Å². The number of hydrogen-bond acceptors (Lipinski definition) is 2. The third kappa shape index (κ3) is 3.21. The molecule has 0 radical (unpaired) electrons. The second kappa shape index (κ2) is 6.48. The van der Waals surface area contributed by atoms with E-state index in [1.165, 1.54) is 0 Å². The van der Waals surface area contributed by atoms with Gasteiger partial charge in [0.2, 0.25) is 0 Å². The van der Waals surface area contributed by atoms with Crippen LogP contribution in [0.4, 0.5) is 0 Å². The van der Waals surface area contributed by atoms with E-state index in [2.05, 4.69) is 11.4 Å². The lowest BCUT2D eigenvalue weighted by molar-refractivity contribution is 0.803. The van der Waals surface area contributed by atoms with Crippen LogP contribution in [0.15, 0.2) is 52.3 Å². The largest absolute Gasteiger partial charge is 0.316 e. The van der Waals surface area contributed by atoms with Crippen molar-refractivity contribution in [2.75, 3.05) is 7.05 Å². The Balaban J connectivity index is 2.34. The summed E-state index contributed by atoms with van der Waals surface area (Å²) >= 11 is 14.0. The van der Waals surface area contributed by atoms with Crippen molar-refractivity contribution in [1.82, 2.24) is 5.32 Å². The lowest BCUT2D eigenvalue weighted by atomic mass is 10.2. The third-order valence-electron chi connectivity index (χ3n) is 2.49. The molecule has 0 heterocycles. The number of hydrogen-bond donors (Lipinski definition) is 1. The Morgan fingerprint density at radius 3 is 2.33 bits per heavy atom. The van der Waals surface area contributed by atoms with E-state index in [-0.39, 0.29) is 0 Å². The summed E-state index contributed by atoms with van der Waals surface area (Å²) < 4.78 is 0. The molecular weight excluding hydrogens is 285 g/mol. The maximum Gasteiger partial charge on any atom is 0.0545 e. The molecule has 0 unspecified atom stereocenters. The van der Waals surface area contributed by atoms with E-state index >= 15 is 0 Å². The summed E-state index contributed by atoms with van der Waals surface area (Å²) in [4.78, 5) is 2.17. The molecule has 0 aliphatic carbocycles. The van der Waals surface area contributed by atoms with Crippen LogP contribution < -0.4 is 5.32 Å². The van der Waals surface area contributed by atoms with Crippen molar-refractivity contribution in [3.05, 3.63) is 58.1 Å². The molecule has 18 heavy (non-hydrogen) atoms. The predicted octanol–water partition coefficient (Wildman–Crippen LogP) is 4.86. The first kappa shape index (κ1) is 13.8. The lowest BCUT2D eigenvalue weighted by Gasteiger charge is -2.11. The second-order valence-corrected chi connectivity index (χ2v) is 5.68. The van der Waals surface area contributed by atoms with Gasteiger partial charge in [0.05, 0.1) is 5.02 Å². The molecule has 2 aromatic rings. The molecule has 0 fully saturated rings. The van der Waals surface area contributed by atoms with Gasteiger partial charge in [0, 0.05) is 21.4 Å². The summed E-state index contributed by atoms with van der Waals surface area (Å²) in [7, 11) is 1.91. The fourth-order valence-corrected chi connectivity index (χ4v) is 3.18. The molecule has 94 valence electrons. The van der Waals surface area contributed by atoms with Gasteiger partial charge < -0.3 is 5.32 Å². The van der Waals surface area contributed by atoms with Crippen molar-refractivity contribution in [3.63, 3.8) is 0 Å². The Bertz CT molecular complexity index is 543. The summed E-state index contributed by atoms with van der Waals surface area (Å²) in [6.07, 6.45) is 0. The van der Waals surface area contributed by atoms with Crippen molar-refractivity contribution < 1.29 is 0 Å². The molecule has 0 bridgehead atoms. The molecule has 0 saturated heterocycles. The first-order chi connectivity index (χ1) is 8.72. The van der Waals surface area contributed by atoms with Crippen molar-refractivity contribution >= 4 is 35.0 Å². The molecule has 0 spiro atoms. The highest BCUT2D eigenvalue weighted by atomic mass is 35.5. The van der Waals surface area contributed by atoms with Crippen LogP contribution in [-0.4, -0.2) is 7.05 Å². The molecular formula is C14H13Cl2NS. The van der Waals surface area contributed by atoms with Gasteiger partial charge in [-0.3, -0.25) is 0 Å². The number of benzene rings is 2. The highest BCUT2D eigenvalue weighted by Crippen LogP contribution is 2.37. The first-order valence-electron chi connectivity index (χ1n) is 5.56. The minimum Gasteiger partial charge on any atom is -0.316 e. The minimum absolute atomic E-state index is 0.743. The fourth-order valence-electron chi connectivity index (χ4n) is 1.63. The molecule has 0 aromatic heterocycles. The van der Waals surface area contributed by atoms with Crippen LogP contribution in [0.3, 0.4) is 0 Å². The van der Waals surface area contributed by atoms with Gasteiger partial charge in [-0.1, -0.05) is 53.2 Å². The molecule has 2 aromatic carbocycles. The Kier molecular flexibility index (Phi) is 4.95. The fraction of sp³-hybridized carbons (Fsp3) is 0.143. The summed E-state index contributed by atoms with van der Waals surface area (Å²) in [5.74, 6) is 0. The molecule has 1 N–H and O–H groups in total. The van der Waals surface area contributed by atoms with E-state index in [1.54, 1.807) is 11.8 Å². The third-order valence-corrected chi connectivity index (χ3v) is 4.46. The Hall–Kier alpha value is -0.670. The van der Waals surface area contributed by atoms with Gasteiger partial charge in [-0.25, -0.2) is 0 Å². The zero-order valence-corrected chi connectivity index (χ0v) is 12.2. The highest BCUT2D eigenvalue weighted by Gasteiger charge is 2.09. The Morgan fingerprint density at radius 2 is 1.61 bits per heavy atom. The monoisotopic (exact) mass is 297 g/mol. The van der Waals surface area contributed by atoms with Crippen LogP contribution in [0.5, 0.6) is 0 Å². The molecule has 0 atom stereocenters. The SMILES string of the molecule is CNCc1c(Cl)cccc1Sc1ccccc1Cl. The second-order valence-electron chi connectivity index (χ2n) is 3.78. The van der Waals surface area contributed by atoms with E-state index in [0.29, 0.717) is 0 Å². The topological polar surface area (TPSA) is 12.0 Å². The molecule has 4 heteroatoms. The van der Waals surface area contributed by atoms with Crippen LogP contribution in [0.25, 0.3) is 0 Å². The predicted molar refractivity (Wildman–Crippen MR) is 79.8 cm³/mol. The van der Waals surface area contributed by atoms with Crippen LogP contribution in [0, 0.1) is 0 Å².